The van der Waals surface area contributed by atoms with Gasteiger partial charge in [0.25, 0.3) is 0 Å². The molecule has 2 aliphatic rings. The van der Waals surface area contributed by atoms with Gasteiger partial charge < -0.3 is 5.32 Å². The number of nitrogens with one attached hydrogen (secondary N) is 2. The maximum atomic E-state index is 11.2. The Balaban J connectivity index is 1.57. The SMILES string of the molecule is CS(=O)(=O)NCc1cc2n(n1)CCN(CC1CCCNC1)C2. The fourth-order valence-corrected chi connectivity index (χ4v) is 3.68. The van der Waals surface area contributed by atoms with Gasteiger partial charge in [-0.05, 0) is 37.9 Å². The van der Waals surface area contributed by atoms with Crippen LogP contribution in [0.4, 0.5) is 0 Å². The predicted octanol–water partition coefficient (Wildman–Crippen LogP) is -0.252. The summed E-state index contributed by atoms with van der Waals surface area (Å²) in [6.07, 6.45) is 3.76. The van der Waals surface area contributed by atoms with Gasteiger partial charge in [-0.25, -0.2) is 13.1 Å². The summed E-state index contributed by atoms with van der Waals surface area (Å²) in [6, 6.07) is 2.02. The molecule has 0 aromatic carbocycles. The minimum absolute atomic E-state index is 0.269. The number of piperidine rings is 1. The van der Waals surface area contributed by atoms with Gasteiger partial charge in [0.05, 0.1) is 30.7 Å². The van der Waals surface area contributed by atoms with E-state index < -0.39 is 10.0 Å². The number of hydrogen-bond acceptors (Lipinski definition) is 5. The Labute approximate surface area is 132 Å². The molecule has 1 atom stereocenters. The Bertz CT molecular complexity index is 607. The number of hydrogen-bond donors (Lipinski definition) is 2. The molecule has 7 nitrogen and oxygen atoms in total. The van der Waals surface area contributed by atoms with Crippen molar-refractivity contribution in [2.45, 2.75) is 32.5 Å². The van der Waals surface area contributed by atoms with E-state index in [1.807, 2.05) is 10.7 Å². The summed E-state index contributed by atoms with van der Waals surface area (Å²) < 4.78 is 26.8. The molecule has 22 heavy (non-hydrogen) atoms. The molecule has 0 bridgehead atoms. The molecule has 0 saturated carbocycles. The highest BCUT2D eigenvalue weighted by molar-refractivity contribution is 7.88. The zero-order valence-corrected chi connectivity index (χ0v) is 13.9. The maximum Gasteiger partial charge on any atom is 0.209 e. The summed E-state index contributed by atoms with van der Waals surface area (Å²) >= 11 is 0. The van der Waals surface area contributed by atoms with Crippen LogP contribution in [-0.2, 0) is 29.7 Å². The van der Waals surface area contributed by atoms with Gasteiger partial charge in [0.2, 0.25) is 10.0 Å². The molecule has 1 aromatic rings. The highest BCUT2D eigenvalue weighted by atomic mass is 32.2. The molecule has 0 amide bonds. The minimum atomic E-state index is -3.17. The second kappa shape index (κ2) is 6.66. The van der Waals surface area contributed by atoms with E-state index in [1.165, 1.54) is 24.8 Å². The summed E-state index contributed by atoms with van der Waals surface area (Å²) in [5.41, 5.74) is 1.97. The van der Waals surface area contributed by atoms with Gasteiger partial charge in [-0.15, -0.1) is 0 Å². The van der Waals surface area contributed by atoms with E-state index >= 15 is 0 Å². The average molecular weight is 327 g/mol. The highest BCUT2D eigenvalue weighted by Crippen LogP contribution is 2.18. The molecule has 3 heterocycles. The predicted molar refractivity (Wildman–Crippen MR) is 84.8 cm³/mol. The lowest BCUT2D eigenvalue weighted by molar-refractivity contribution is 0.168. The molecular formula is C14H25N5O2S. The fraction of sp³-hybridized carbons (Fsp3) is 0.786. The average Bonchev–Trinajstić information content (AvgIpc) is 2.88. The first-order valence-electron chi connectivity index (χ1n) is 7.93. The van der Waals surface area contributed by atoms with E-state index in [0.717, 1.165) is 50.9 Å². The van der Waals surface area contributed by atoms with Crippen LogP contribution >= 0.6 is 0 Å². The molecule has 0 aliphatic carbocycles. The summed E-state index contributed by atoms with van der Waals surface area (Å²) in [4.78, 5) is 2.49. The van der Waals surface area contributed by atoms with E-state index in [-0.39, 0.29) is 6.54 Å². The lowest BCUT2D eigenvalue weighted by Crippen LogP contribution is -2.41. The minimum Gasteiger partial charge on any atom is -0.316 e. The van der Waals surface area contributed by atoms with E-state index in [9.17, 15) is 8.42 Å². The van der Waals surface area contributed by atoms with Crippen LogP contribution < -0.4 is 10.0 Å². The van der Waals surface area contributed by atoms with Crippen LogP contribution in [0.3, 0.4) is 0 Å². The number of rotatable bonds is 5. The van der Waals surface area contributed by atoms with Crippen molar-refractivity contribution in [2.75, 3.05) is 32.4 Å². The molecule has 1 unspecified atom stereocenters. The molecule has 3 rings (SSSR count). The van der Waals surface area contributed by atoms with E-state index in [4.69, 9.17) is 0 Å². The topological polar surface area (TPSA) is 79.3 Å². The number of aromatic nitrogens is 2. The molecular weight excluding hydrogens is 302 g/mol. The quantitative estimate of drug-likeness (QED) is 0.779. The van der Waals surface area contributed by atoms with Crippen molar-refractivity contribution in [3.8, 4) is 0 Å². The Kier molecular flexibility index (Phi) is 4.82. The highest BCUT2D eigenvalue weighted by Gasteiger charge is 2.22. The molecule has 2 aliphatic heterocycles. The molecule has 0 radical (unpaired) electrons. The zero-order valence-electron chi connectivity index (χ0n) is 13.1. The molecule has 1 fully saturated rings. The van der Waals surface area contributed by atoms with Crippen molar-refractivity contribution in [2.24, 2.45) is 5.92 Å². The Morgan fingerprint density at radius 3 is 3.05 bits per heavy atom. The first-order valence-corrected chi connectivity index (χ1v) is 9.82. The summed E-state index contributed by atoms with van der Waals surface area (Å²) in [5.74, 6) is 0.745. The van der Waals surface area contributed by atoms with Gasteiger partial charge in [0.15, 0.2) is 0 Å². The van der Waals surface area contributed by atoms with Crippen LogP contribution in [0.2, 0.25) is 0 Å². The molecule has 0 spiro atoms. The van der Waals surface area contributed by atoms with Crippen LogP contribution in [0, 0.1) is 5.92 Å². The molecule has 2 N–H and O–H groups in total. The van der Waals surface area contributed by atoms with Gasteiger partial charge in [-0.2, -0.15) is 5.10 Å². The van der Waals surface area contributed by atoms with E-state index in [1.54, 1.807) is 0 Å². The lowest BCUT2D eigenvalue weighted by Gasteiger charge is -2.32. The normalized spacial score (nSPS) is 23.4. The van der Waals surface area contributed by atoms with Crippen molar-refractivity contribution < 1.29 is 8.42 Å². The number of fused-ring (bicyclic) bond motifs is 1. The van der Waals surface area contributed by atoms with Crippen LogP contribution in [0.25, 0.3) is 0 Å². The Morgan fingerprint density at radius 1 is 1.45 bits per heavy atom. The van der Waals surface area contributed by atoms with Crippen molar-refractivity contribution in [1.29, 1.82) is 0 Å². The second-order valence-electron chi connectivity index (χ2n) is 6.39. The van der Waals surface area contributed by atoms with Crippen molar-refractivity contribution >= 4 is 10.0 Å². The Hall–Kier alpha value is -0.960. The fourth-order valence-electron chi connectivity index (χ4n) is 3.27. The van der Waals surface area contributed by atoms with Crippen LogP contribution in [0.15, 0.2) is 6.07 Å². The van der Waals surface area contributed by atoms with Crippen molar-refractivity contribution in [3.05, 3.63) is 17.5 Å². The van der Waals surface area contributed by atoms with Crippen molar-refractivity contribution in [3.63, 3.8) is 0 Å². The molecule has 1 saturated heterocycles. The van der Waals surface area contributed by atoms with Gasteiger partial charge >= 0.3 is 0 Å². The van der Waals surface area contributed by atoms with Crippen LogP contribution in [-0.4, -0.2) is 55.5 Å². The zero-order chi connectivity index (χ0) is 15.6. The third kappa shape index (κ3) is 4.28. The Morgan fingerprint density at radius 2 is 2.32 bits per heavy atom. The van der Waals surface area contributed by atoms with Gasteiger partial charge in [-0.1, -0.05) is 0 Å². The summed E-state index contributed by atoms with van der Waals surface area (Å²) in [6.45, 7) is 6.49. The molecule has 8 heteroatoms. The van der Waals surface area contributed by atoms with Gasteiger partial charge in [-0.3, -0.25) is 9.58 Å². The van der Waals surface area contributed by atoms with E-state index in [2.05, 4.69) is 20.0 Å². The third-order valence-electron chi connectivity index (χ3n) is 4.36. The second-order valence-corrected chi connectivity index (χ2v) is 8.22. The summed E-state index contributed by atoms with van der Waals surface area (Å²) in [7, 11) is -3.17. The number of sulfonamides is 1. The van der Waals surface area contributed by atoms with E-state index in [0.29, 0.717) is 0 Å². The number of nitrogens with zero attached hydrogens (tertiary/aromatic N) is 3. The summed E-state index contributed by atoms with van der Waals surface area (Å²) in [5, 5.41) is 7.95. The lowest BCUT2D eigenvalue weighted by atomic mass is 9.99. The first-order chi connectivity index (χ1) is 10.5. The smallest absolute Gasteiger partial charge is 0.209 e. The standard InChI is InChI=1S/C14H25N5O2S/c1-22(20,21)16-9-13-7-14-11-18(5-6-19(14)17-13)10-12-3-2-4-15-8-12/h7,12,15-16H,2-6,8-11H2,1H3. The van der Waals surface area contributed by atoms with Crippen molar-refractivity contribution in [1.82, 2.24) is 24.7 Å². The van der Waals surface area contributed by atoms with Gasteiger partial charge in [0.1, 0.15) is 0 Å². The largest absolute Gasteiger partial charge is 0.316 e. The van der Waals surface area contributed by atoms with Crippen LogP contribution in [0.1, 0.15) is 24.2 Å². The third-order valence-corrected chi connectivity index (χ3v) is 5.03. The monoisotopic (exact) mass is 327 g/mol. The maximum absolute atomic E-state index is 11.2. The first kappa shape index (κ1) is 15.9. The van der Waals surface area contributed by atoms with Crippen LogP contribution in [0.5, 0.6) is 0 Å². The molecule has 1 aromatic heterocycles. The van der Waals surface area contributed by atoms with Gasteiger partial charge in [0, 0.05) is 19.6 Å². The molecule has 124 valence electrons.